The average molecular weight is 325 g/mol. The van der Waals surface area contributed by atoms with E-state index in [1.54, 1.807) is 0 Å². The van der Waals surface area contributed by atoms with Crippen LogP contribution in [0.3, 0.4) is 0 Å². The lowest BCUT2D eigenvalue weighted by Crippen LogP contribution is -2.41. The van der Waals surface area contributed by atoms with E-state index in [0.29, 0.717) is 11.6 Å². The average Bonchev–Trinajstić information content (AvgIpc) is 2.43. The van der Waals surface area contributed by atoms with Crippen LogP contribution in [-0.2, 0) is 0 Å². The Labute approximate surface area is 137 Å². The molecule has 1 aliphatic heterocycles. The summed E-state index contributed by atoms with van der Waals surface area (Å²) < 4.78 is 5.84. The quantitative estimate of drug-likeness (QED) is 0.643. The Balaban J connectivity index is 1.76. The van der Waals surface area contributed by atoms with E-state index in [2.05, 4.69) is 30.5 Å². The zero-order valence-corrected chi connectivity index (χ0v) is 14.4. The Hall–Kier alpha value is -0.780. The molecule has 0 aromatic heterocycles. The van der Waals surface area contributed by atoms with Gasteiger partial charge in [0, 0.05) is 30.1 Å². The predicted molar refractivity (Wildman–Crippen MR) is 95.4 cm³/mol. The molecule has 1 saturated heterocycles. The number of nitrogens with two attached hydrogens (primary N) is 1. The number of benzene rings is 1. The van der Waals surface area contributed by atoms with Crippen LogP contribution in [0, 0.1) is 0 Å². The molecular weight excluding hydrogens is 300 g/mol. The number of para-hydroxylation sites is 1. The number of rotatable bonds is 6. The lowest BCUT2D eigenvalue weighted by Gasteiger charge is -2.34. The van der Waals surface area contributed by atoms with E-state index in [9.17, 15) is 0 Å². The molecule has 0 amide bonds. The van der Waals surface area contributed by atoms with Crippen LogP contribution in [0.5, 0.6) is 5.75 Å². The lowest BCUT2D eigenvalue weighted by atomic mass is 10.2. The van der Waals surface area contributed by atoms with Crippen LogP contribution >= 0.6 is 24.0 Å². The zero-order chi connectivity index (χ0) is 15.2. The van der Waals surface area contributed by atoms with Crippen molar-refractivity contribution >= 4 is 29.0 Å². The first-order valence-corrected chi connectivity index (χ1v) is 8.81. The SMILES string of the molecule is CC1CN(CCCOc2ccccc2C(N)=S)CC(C)S1. The van der Waals surface area contributed by atoms with E-state index in [4.69, 9.17) is 22.7 Å². The van der Waals surface area contributed by atoms with Gasteiger partial charge in [0.05, 0.1) is 12.2 Å². The van der Waals surface area contributed by atoms with Crippen molar-refractivity contribution in [1.29, 1.82) is 0 Å². The predicted octanol–water partition coefficient (Wildman–Crippen LogP) is 2.92. The molecule has 116 valence electrons. The molecule has 2 atom stereocenters. The molecule has 3 nitrogen and oxygen atoms in total. The summed E-state index contributed by atoms with van der Waals surface area (Å²) in [6.45, 7) is 8.76. The number of nitrogens with zero attached hydrogens (tertiary/aromatic N) is 1. The van der Waals surface area contributed by atoms with Crippen molar-refractivity contribution in [2.24, 2.45) is 5.73 Å². The Kier molecular flexibility index (Phi) is 6.33. The molecule has 0 bridgehead atoms. The van der Waals surface area contributed by atoms with Crippen LogP contribution in [0.25, 0.3) is 0 Å². The maximum Gasteiger partial charge on any atom is 0.129 e. The van der Waals surface area contributed by atoms with E-state index < -0.39 is 0 Å². The molecule has 21 heavy (non-hydrogen) atoms. The number of thioether (sulfide) groups is 1. The molecule has 0 aliphatic carbocycles. The summed E-state index contributed by atoms with van der Waals surface area (Å²) >= 11 is 7.13. The summed E-state index contributed by atoms with van der Waals surface area (Å²) in [6, 6.07) is 7.71. The van der Waals surface area contributed by atoms with E-state index in [0.717, 1.165) is 34.8 Å². The summed E-state index contributed by atoms with van der Waals surface area (Å²) in [5, 5.41) is 1.45. The summed E-state index contributed by atoms with van der Waals surface area (Å²) in [4.78, 5) is 2.93. The molecule has 2 rings (SSSR count). The van der Waals surface area contributed by atoms with Gasteiger partial charge in [-0.2, -0.15) is 11.8 Å². The highest BCUT2D eigenvalue weighted by atomic mass is 32.2. The number of hydrogen-bond donors (Lipinski definition) is 1. The standard InChI is InChI=1S/C16H24N2OS2/c1-12-10-18(11-13(2)21-12)8-5-9-19-15-7-4-3-6-14(15)16(17)20/h3-4,6-7,12-13H,5,8-11H2,1-2H3,(H2,17,20). The topological polar surface area (TPSA) is 38.5 Å². The van der Waals surface area contributed by atoms with E-state index in [1.165, 1.54) is 13.1 Å². The molecule has 1 aliphatic rings. The van der Waals surface area contributed by atoms with Gasteiger partial charge in [-0.1, -0.05) is 38.2 Å². The fraction of sp³-hybridized carbons (Fsp3) is 0.562. The Morgan fingerprint density at radius 3 is 2.67 bits per heavy atom. The van der Waals surface area contributed by atoms with E-state index >= 15 is 0 Å². The second kappa shape index (κ2) is 8.01. The van der Waals surface area contributed by atoms with Crippen molar-refractivity contribution in [3.8, 4) is 5.75 Å². The van der Waals surface area contributed by atoms with Crippen LogP contribution < -0.4 is 10.5 Å². The number of thiocarbonyl (C=S) groups is 1. The number of hydrogen-bond acceptors (Lipinski definition) is 4. The van der Waals surface area contributed by atoms with Crippen molar-refractivity contribution in [2.75, 3.05) is 26.2 Å². The summed E-state index contributed by atoms with van der Waals surface area (Å²) in [7, 11) is 0. The van der Waals surface area contributed by atoms with Gasteiger partial charge in [-0.05, 0) is 18.6 Å². The first kappa shape index (κ1) is 16.6. The third-order valence-corrected chi connectivity index (χ3v) is 4.97. The molecule has 1 heterocycles. The van der Waals surface area contributed by atoms with Crippen molar-refractivity contribution in [2.45, 2.75) is 30.8 Å². The van der Waals surface area contributed by atoms with Crippen molar-refractivity contribution in [3.63, 3.8) is 0 Å². The molecule has 2 unspecified atom stereocenters. The highest BCUT2D eigenvalue weighted by molar-refractivity contribution is 8.00. The Morgan fingerprint density at radius 2 is 2.00 bits per heavy atom. The highest BCUT2D eigenvalue weighted by Crippen LogP contribution is 2.24. The smallest absolute Gasteiger partial charge is 0.129 e. The fourth-order valence-corrected chi connectivity index (χ4v) is 4.29. The summed E-state index contributed by atoms with van der Waals surface area (Å²) in [5.41, 5.74) is 6.53. The first-order chi connectivity index (χ1) is 10.1. The third-order valence-electron chi connectivity index (χ3n) is 3.52. The molecule has 1 fully saturated rings. The van der Waals surface area contributed by atoms with Gasteiger partial charge in [-0.25, -0.2) is 0 Å². The minimum atomic E-state index is 0.390. The van der Waals surface area contributed by atoms with Gasteiger partial charge >= 0.3 is 0 Å². The van der Waals surface area contributed by atoms with Gasteiger partial charge < -0.3 is 15.4 Å². The highest BCUT2D eigenvalue weighted by Gasteiger charge is 2.21. The summed E-state index contributed by atoms with van der Waals surface area (Å²) in [5.74, 6) is 0.793. The van der Waals surface area contributed by atoms with Gasteiger partial charge in [0.1, 0.15) is 10.7 Å². The van der Waals surface area contributed by atoms with Gasteiger partial charge in [0.2, 0.25) is 0 Å². The minimum Gasteiger partial charge on any atom is -0.493 e. The van der Waals surface area contributed by atoms with Gasteiger partial charge in [0.15, 0.2) is 0 Å². The van der Waals surface area contributed by atoms with Crippen LogP contribution in [0.2, 0.25) is 0 Å². The molecule has 2 N–H and O–H groups in total. The molecule has 1 aromatic rings. The second-order valence-corrected chi connectivity index (χ2v) is 7.90. The molecule has 5 heteroatoms. The fourth-order valence-electron chi connectivity index (χ4n) is 2.73. The van der Waals surface area contributed by atoms with Crippen LogP contribution in [0.15, 0.2) is 24.3 Å². The van der Waals surface area contributed by atoms with E-state index in [1.807, 2.05) is 24.3 Å². The third kappa shape index (κ3) is 5.16. The maximum atomic E-state index is 5.84. The first-order valence-electron chi connectivity index (χ1n) is 7.45. The van der Waals surface area contributed by atoms with Gasteiger partial charge in [0.25, 0.3) is 0 Å². The van der Waals surface area contributed by atoms with Crippen molar-refractivity contribution < 1.29 is 4.74 Å². The van der Waals surface area contributed by atoms with Crippen molar-refractivity contribution in [3.05, 3.63) is 29.8 Å². The molecule has 0 spiro atoms. The van der Waals surface area contributed by atoms with Crippen LogP contribution in [0.4, 0.5) is 0 Å². The normalized spacial score (nSPS) is 23.0. The maximum absolute atomic E-state index is 5.84. The lowest BCUT2D eigenvalue weighted by molar-refractivity contribution is 0.232. The largest absolute Gasteiger partial charge is 0.493 e. The second-order valence-electron chi connectivity index (χ2n) is 5.58. The number of ether oxygens (including phenoxy) is 1. The van der Waals surface area contributed by atoms with E-state index in [-0.39, 0.29) is 0 Å². The summed E-state index contributed by atoms with van der Waals surface area (Å²) in [6.07, 6.45) is 1.02. The Bertz CT molecular complexity index is 471. The van der Waals surface area contributed by atoms with Gasteiger partial charge in [-0.15, -0.1) is 0 Å². The molecule has 0 saturated carbocycles. The zero-order valence-electron chi connectivity index (χ0n) is 12.7. The van der Waals surface area contributed by atoms with Crippen molar-refractivity contribution in [1.82, 2.24) is 4.90 Å². The molecular formula is C16H24N2OS2. The molecule has 1 aromatic carbocycles. The van der Waals surface area contributed by atoms with Gasteiger partial charge in [-0.3, -0.25) is 0 Å². The Morgan fingerprint density at radius 1 is 1.33 bits per heavy atom. The van der Waals surface area contributed by atoms with Crippen LogP contribution in [-0.4, -0.2) is 46.6 Å². The molecule has 0 radical (unpaired) electrons. The minimum absolute atomic E-state index is 0.390. The van der Waals surface area contributed by atoms with Crippen LogP contribution in [0.1, 0.15) is 25.8 Å². The monoisotopic (exact) mass is 324 g/mol.